The molecule has 0 N–H and O–H groups in total. The summed E-state index contributed by atoms with van der Waals surface area (Å²) in [5.74, 6) is 8.67. The predicted molar refractivity (Wildman–Crippen MR) is 470 cm³/mol. The maximum Gasteiger partial charge on any atom is -0.0257 e. The van der Waals surface area contributed by atoms with Crippen molar-refractivity contribution in [3.05, 3.63) is 0 Å². The molecule has 2 unspecified atom stereocenters. The lowest BCUT2D eigenvalue weighted by atomic mass is 9.56. The van der Waals surface area contributed by atoms with Crippen LogP contribution in [0.3, 0.4) is 0 Å². The Kier molecular flexibility index (Phi) is 55.8. The van der Waals surface area contributed by atoms with Crippen molar-refractivity contribution < 1.29 is 0 Å². The minimum Gasteiger partial charge on any atom is -0.0651 e. The van der Waals surface area contributed by atoms with Crippen molar-refractivity contribution in [2.75, 3.05) is 0 Å². The minimum absolute atomic E-state index is 0.375. The standard InChI is InChI=1S/C11H24.2C10H22.3C9H20.2C8H16.3C8H18/c1-9(2,3)11(7,8)10(4,5)6;1-8(9(2,3)4)10(5,6)7;1-8(2)10(6,7)9(3,4)5;1-7-9(5,6)8(2,3)4;1-7(2)8(3)9(4,5)6;1-7(2)9(5,6)8(3)4;1-7-5-3-4-6-8(7)2;1-2-8-6-4-3-5-7-8;2*1-7(2,3)8(4,5)6;1-6-7(2)8(3,4)5/h1-8H3;2*8H,1-7H3;7H2,1-6H3;2*7-8H,1-6H3;7-8H,3-6H2,1-2H3;8H,2-7H2,1H3;2*1-6H3;7H,6H2,1-5H3/t;;;;8-;;;;;;7-/m....1.....1/s1. The third-order valence-electron chi connectivity index (χ3n) is 29.4. The zero-order valence-corrected chi connectivity index (χ0v) is 82.3. The van der Waals surface area contributed by atoms with Crippen molar-refractivity contribution in [2.45, 2.75) is 492 Å². The molecule has 2 fully saturated rings. The lowest BCUT2D eigenvalue weighted by Gasteiger charge is -2.49. The Morgan fingerprint density at radius 3 is 0.602 bits per heavy atom. The van der Waals surface area contributed by atoms with Gasteiger partial charge in [0.15, 0.2) is 0 Å². The van der Waals surface area contributed by atoms with Crippen LogP contribution in [0.5, 0.6) is 0 Å². The van der Waals surface area contributed by atoms with E-state index in [0.29, 0.717) is 86.6 Å². The Bertz CT molecular complexity index is 1710. The molecule has 0 radical (unpaired) electrons. The Hall–Kier alpha value is 0. The third-order valence-corrected chi connectivity index (χ3v) is 29.4. The summed E-state index contributed by atoms with van der Waals surface area (Å²) in [5, 5.41) is 0. The largest absolute Gasteiger partial charge is 0.0651 e. The molecule has 0 bridgehead atoms. The van der Waals surface area contributed by atoms with Crippen LogP contribution in [-0.4, -0.2) is 0 Å². The van der Waals surface area contributed by atoms with Gasteiger partial charge in [0.2, 0.25) is 0 Å². The van der Waals surface area contributed by atoms with Gasteiger partial charge in [-0.25, -0.2) is 0 Å². The van der Waals surface area contributed by atoms with Crippen LogP contribution in [0.15, 0.2) is 0 Å². The van der Waals surface area contributed by atoms with Crippen LogP contribution in [0, 0.1) is 146 Å². The van der Waals surface area contributed by atoms with Gasteiger partial charge in [0, 0.05) is 0 Å². The molecule has 0 aromatic heterocycles. The Balaban J connectivity index is -0.000000127. The summed E-state index contributed by atoms with van der Waals surface area (Å²) in [6, 6.07) is 0. The molecule has 0 aromatic carbocycles. The van der Waals surface area contributed by atoms with Crippen molar-refractivity contribution in [2.24, 2.45) is 146 Å². The molecular weight excluding hydrogens is 1180 g/mol. The van der Waals surface area contributed by atoms with Gasteiger partial charge in [-0.3, -0.25) is 0 Å². The van der Waals surface area contributed by atoms with Gasteiger partial charge in [0.25, 0.3) is 0 Å². The van der Waals surface area contributed by atoms with E-state index in [9.17, 15) is 0 Å². The normalized spacial score (nSPS) is 17.5. The summed E-state index contributed by atoms with van der Waals surface area (Å²) in [6.45, 7) is 138. The van der Waals surface area contributed by atoms with E-state index in [0.717, 1.165) is 59.2 Å². The van der Waals surface area contributed by atoms with Gasteiger partial charge in [-0.1, -0.05) is 492 Å². The average Bonchev–Trinajstić information content (AvgIpc) is 0.799. The van der Waals surface area contributed by atoms with E-state index in [4.69, 9.17) is 0 Å². The first-order valence-electron chi connectivity index (χ1n) is 42.1. The smallest absolute Gasteiger partial charge is 0.0257 e. The van der Waals surface area contributed by atoms with Gasteiger partial charge in [0.05, 0.1) is 0 Å². The van der Waals surface area contributed by atoms with Crippen LogP contribution in [0.25, 0.3) is 0 Å². The van der Waals surface area contributed by atoms with Crippen molar-refractivity contribution in [3.8, 4) is 0 Å². The van der Waals surface area contributed by atoms with E-state index in [-0.39, 0.29) is 0 Å². The van der Waals surface area contributed by atoms with Crippen LogP contribution in [0.4, 0.5) is 0 Å². The van der Waals surface area contributed by atoms with Crippen LogP contribution in [-0.2, 0) is 0 Å². The molecule has 0 heterocycles. The van der Waals surface area contributed by atoms with E-state index < -0.39 is 0 Å². The zero-order chi connectivity index (χ0) is 82.3. The summed E-state index contributed by atoms with van der Waals surface area (Å²) in [4.78, 5) is 0. The molecular formula is C98H214. The van der Waals surface area contributed by atoms with E-state index in [1.165, 1.54) is 77.0 Å². The maximum absolute atomic E-state index is 2.38. The van der Waals surface area contributed by atoms with Gasteiger partial charge in [-0.2, -0.15) is 0 Å². The van der Waals surface area contributed by atoms with Gasteiger partial charge < -0.3 is 0 Å². The maximum atomic E-state index is 2.38. The molecule has 0 heteroatoms. The van der Waals surface area contributed by atoms with Crippen molar-refractivity contribution in [1.82, 2.24) is 0 Å². The number of hydrogen-bond acceptors (Lipinski definition) is 0. The Morgan fingerprint density at radius 1 is 0.286 bits per heavy atom. The first kappa shape index (κ1) is 116. The molecule has 0 aromatic rings. The van der Waals surface area contributed by atoms with Crippen LogP contribution in [0.1, 0.15) is 492 Å². The highest BCUT2D eigenvalue weighted by Crippen LogP contribution is 2.51. The molecule has 0 saturated heterocycles. The van der Waals surface area contributed by atoms with Crippen LogP contribution >= 0.6 is 0 Å². The van der Waals surface area contributed by atoms with Gasteiger partial charge in [-0.15, -0.1) is 0 Å². The summed E-state index contributed by atoms with van der Waals surface area (Å²) >= 11 is 0. The van der Waals surface area contributed by atoms with Crippen LogP contribution in [0.2, 0.25) is 0 Å². The highest BCUT2D eigenvalue weighted by molar-refractivity contribution is 4.92. The number of hydrogen-bond donors (Lipinski definition) is 0. The van der Waals surface area contributed by atoms with E-state index >= 15 is 0 Å². The molecule has 2 saturated carbocycles. The Morgan fingerprint density at radius 2 is 0.551 bits per heavy atom. The summed E-state index contributed by atoms with van der Waals surface area (Å²) in [7, 11) is 0. The molecule has 2 aliphatic carbocycles. The van der Waals surface area contributed by atoms with Gasteiger partial charge in [-0.05, 0) is 146 Å². The molecule has 98 heavy (non-hydrogen) atoms. The fourth-order valence-electron chi connectivity index (χ4n) is 9.20. The highest BCUT2D eigenvalue weighted by atomic mass is 14.5. The first-order chi connectivity index (χ1) is 42.1. The zero-order valence-electron chi connectivity index (χ0n) is 82.3. The Labute approximate surface area is 634 Å². The summed E-state index contributed by atoms with van der Waals surface area (Å²) < 4.78 is 0. The molecule has 606 valence electrons. The first-order valence-corrected chi connectivity index (χ1v) is 42.1. The monoisotopic (exact) mass is 1390 g/mol. The fourth-order valence-corrected chi connectivity index (χ4v) is 9.20. The predicted octanol–water partition coefficient (Wildman–Crippen LogP) is 36.7. The van der Waals surface area contributed by atoms with E-state index in [1.807, 2.05) is 0 Å². The molecule has 2 aliphatic rings. The molecule has 0 spiro atoms. The number of rotatable bonds is 7. The van der Waals surface area contributed by atoms with Crippen molar-refractivity contribution in [3.63, 3.8) is 0 Å². The third kappa shape index (κ3) is 54.6. The topological polar surface area (TPSA) is 0 Å². The van der Waals surface area contributed by atoms with E-state index in [2.05, 4.69) is 415 Å². The van der Waals surface area contributed by atoms with Crippen LogP contribution < -0.4 is 0 Å². The fraction of sp³-hybridized carbons (Fsp3) is 1.00. The van der Waals surface area contributed by atoms with Gasteiger partial charge in [0.1, 0.15) is 0 Å². The summed E-state index contributed by atoms with van der Waals surface area (Å²) in [5.41, 5.74) is 7.04. The minimum atomic E-state index is 0.375. The van der Waals surface area contributed by atoms with Crippen molar-refractivity contribution in [1.29, 1.82) is 0 Å². The van der Waals surface area contributed by atoms with E-state index in [1.54, 1.807) is 0 Å². The highest BCUT2D eigenvalue weighted by Gasteiger charge is 2.42. The lowest BCUT2D eigenvalue weighted by Crippen LogP contribution is -2.41. The second kappa shape index (κ2) is 46.9. The average molecular weight is 1390 g/mol. The molecule has 0 amide bonds. The second-order valence-electron chi connectivity index (χ2n) is 48.5. The van der Waals surface area contributed by atoms with Gasteiger partial charge >= 0.3 is 0 Å². The molecule has 0 aliphatic heterocycles. The SMILES string of the molecule is CC(C(C)(C)C)C(C)(C)C.CC(C)(C)C(C)(C)C.CC(C)(C)C(C)(C)C.CC(C)(C)C(C)(C)C(C)(C)C.CC(C)C(C)(C)C(C)(C)C.CC(C)C(C)(C)C(C)C.CC(C)[C@@H](C)C(C)(C)C.CC1CCCCC1C.CCC(C)(C)C(C)(C)C.CCC1CCCCC1.CC[C@@H](C)C(C)(C)C. The molecule has 4 atom stereocenters. The lowest BCUT2D eigenvalue weighted by molar-refractivity contribution is 0.00575. The molecule has 0 nitrogen and oxygen atoms in total. The second-order valence-corrected chi connectivity index (χ2v) is 48.5. The van der Waals surface area contributed by atoms with Crippen molar-refractivity contribution >= 4 is 0 Å². The summed E-state index contributed by atoms with van der Waals surface area (Å²) in [6.07, 6.45) is 17.4. The quantitative estimate of drug-likeness (QED) is 0.238. The molecule has 2 rings (SSSR count).